The van der Waals surface area contributed by atoms with Crippen LogP contribution in [0.4, 0.5) is 0 Å². The number of benzene rings is 1. The smallest absolute Gasteiger partial charge is 0.0914 e. The van der Waals surface area contributed by atoms with Crippen molar-refractivity contribution in [3.05, 3.63) is 35.9 Å². The van der Waals surface area contributed by atoms with E-state index in [1.54, 1.807) is 0 Å². The Labute approximate surface area is 87.9 Å². The largest absolute Gasteiger partial charge is 0.387 e. The van der Waals surface area contributed by atoms with Crippen LogP contribution in [-0.4, -0.2) is 9.93 Å². The number of hydrogen-bond acceptors (Lipinski definition) is 1. The van der Waals surface area contributed by atoms with Gasteiger partial charge in [0.1, 0.15) is 0 Å². The summed E-state index contributed by atoms with van der Waals surface area (Å²) in [6.45, 7) is 2.12. The normalized spacial score (nSPS) is 15.3. The van der Waals surface area contributed by atoms with Crippen LogP contribution in [0.2, 0.25) is 0 Å². The molecule has 2 unspecified atom stereocenters. The number of hydrogen-bond donors (Lipinski definition) is 1. The molecule has 2 atom stereocenters. The Balaban J connectivity index is 2.62. The maximum absolute atomic E-state index is 9.87. The van der Waals surface area contributed by atoms with E-state index in [4.69, 9.17) is 0 Å². The predicted molar refractivity (Wildman–Crippen MR) is 59.0 cm³/mol. The van der Waals surface area contributed by atoms with E-state index in [9.17, 15) is 5.11 Å². The Bertz CT molecular complexity index is 235. The van der Waals surface area contributed by atoms with Crippen molar-refractivity contribution < 1.29 is 5.11 Å². The molecule has 0 spiro atoms. The van der Waals surface area contributed by atoms with Crippen molar-refractivity contribution in [1.82, 2.24) is 0 Å². The molecule has 1 aromatic rings. The third-order valence-corrected chi connectivity index (χ3v) is 3.01. The van der Waals surface area contributed by atoms with E-state index in [0.717, 1.165) is 18.4 Å². The van der Waals surface area contributed by atoms with E-state index in [0.29, 0.717) is 0 Å². The van der Waals surface area contributed by atoms with Gasteiger partial charge in [0, 0.05) is 4.83 Å². The van der Waals surface area contributed by atoms with Gasteiger partial charge in [-0.2, -0.15) is 0 Å². The van der Waals surface area contributed by atoms with Crippen molar-refractivity contribution in [2.45, 2.75) is 30.7 Å². The van der Waals surface area contributed by atoms with Crippen molar-refractivity contribution in [2.24, 2.45) is 0 Å². The van der Waals surface area contributed by atoms with E-state index in [1.165, 1.54) is 0 Å². The second kappa shape index (κ2) is 5.40. The summed E-state index contributed by atoms with van der Waals surface area (Å²) in [5.41, 5.74) is 0.984. The first kappa shape index (κ1) is 10.7. The topological polar surface area (TPSA) is 20.2 Å². The Morgan fingerprint density at radius 1 is 1.31 bits per heavy atom. The molecule has 0 amide bonds. The molecule has 0 saturated carbocycles. The minimum absolute atomic E-state index is 0.167. The molecule has 1 rings (SSSR count). The minimum Gasteiger partial charge on any atom is -0.387 e. The molecule has 0 bridgehead atoms. The molecule has 2 heteroatoms. The van der Waals surface area contributed by atoms with Crippen molar-refractivity contribution in [2.75, 3.05) is 0 Å². The summed E-state index contributed by atoms with van der Waals surface area (Å²) < 4.78 is 0. The zero-order valence-corrected chi connectivity index (χ0v) is 9.37. The first-order chi connectivity index (χ1) is 6.25. The number of aliphatic hydroxyl groups excluding tert-OH is 1. The average Bonchev–Trinajstić information content (AvgIpc) is 2.18. The molecular weight excluding hydrogens is 228 g/mol. The predicted octanol–water partition coefficient (Wildman–Crippen LogP) is 3.28. The molecular formula is C11H15BrO. The number of halogens is 1. The van der Waals surface area contributed by atoms with Crippen molar-refractivity contribution in [1.29, 1.82) is 0 Å². The van der Waals surface area contributed by atoms with E-state index < -0.39 is 0 Å². The Morgan fingerprint density at radius 2 is 1.92 bits per heavy atom. The molecule has 72 valence electrons. The van der Waals surface area contributed by atoms with Gasteiger partial charge in [-0.05, 0) is 12.0 Å². The number of aliphatic hydroxyl groups is 1. The fraction of sp³-hybridized carbons (Fsp3) is 0.455. The van der Waals surface area contributed by atoms with Crippen LogP contribution in [0.5, 0.6) is 0 Å². The Kier molecular flexibility index (Phi) is 4.46. The first-order valence-corrected chi connectivity index (χ1v) is 5.54. The highest BCUT2D eigenvalue weighted by atomic mass is 79.9. The van der Waals surface area contributed by atoms with Gasteiger partial charge in [-0.1, -0.05) is 59.6 Å². The lowest BCUT2D eigenvalue weighted by Gasteiger charge is -2.16. The van der Waals surface area contributed by atoms with Crippen LogP contribution in [0.25, 0.3) is 0 Å². The second-order valence-corrected chi connectivity index (χ2v) is 4.34. The molecule has 0 aliphatic carbocycles. The Morgan fingerprint density at radius 3 is 2.46 bits per heavy atom. The highest BCUT2D eigenvalue weighted by Gasteiger charge is 2.16. The molecule has 0 aromatic heterocycles. The van der Waals surface area contributed by atoms with E-state index >= 15 is 0 Å². The third-order valence-electron chi connectivity index (χ3n) is 2.05. The lowest BCUT2D eigenvalue weighted by atomic mass is 10.0. The zero-order chi connectivity index (χ0) is 9.68. The van der Waals surface area contributed by atoms with Gasteiger partial charge in [0.05, 0.1) is 6.10 Å². The molecule has 1 N–H and O–H groups in total. The van der Waals surface area contributed by atoms with Crippen LogP contribution in [0.1, 0.15) is 31.4 Å². The van der Waals surface area contributed by atoms with Gasteiger partial charge in [0.25, 0.3) is 0 Å². The van der Waals surface area contributed by atoms with Gasteiger partial charge >= 0.3 is 0 Å². The van der Waals surface area contributed by atoms with Gasteiger partial charge in [0.2, 0.25) is 0 Å². The molecule has 1 nitrogen and oxygen atoms in total. The monoisotopic (exact) mass is 242 g/mol. The molecule has 0 saturated heterocycles. The van der Waals surface area contributed by atoms with E-state index in [-0.39, 0.29) is 10.9 Å². The number of alkyl halides is 1. The van der Waals surface area contributed by atoms with Gasteiger partial charge in [-0.15, -0.1) is 0 Å². The maximum Gasteiger partial charge on any atom is 0.0914 e. The molecule has 0 fully saturated rings. The molecule has 0 radical (unpaired) electrons. The summed E-state index contributed by atoms with van der Waals surface area (Å²) in [5.74, 6) is 0. The van der Waals surface area contributed by atoms with E-state index in [1.807, 2.05) is 30.3 Å². The molecule has 1 aromatic carbocycles. The lowest BCUT2D eigenvalue weighted by Crippen LogP contribution is -2.11. The van der Waals surface area contributed by atoms with Gasteiger partial charge in [0.15, 0.2) is 0 Å². The fourth-order valence-electron chi connectivity index (χ4n) is 1.29. The highest BCUT2D eigenvalue weighted by Crippen LogP contribution is 2.25. The van der Waals surface area contributed by atoms with Crippen molar-refractivity contribution >= 4 is 15.9 Å². The van der Waals surface area contributed by atoms with Gasteiger partial charge < -0.3 is 5.11 Å². The van der Waals surface area contributed by atoms with Crippen molar-refractivity contribution in [3.63, 3.8) is 0 Å². The van der Waals surface area contributed by atoms with Crippen LogP contribution < -0.4 is 0 Å². The van der Waals surface area contributed by atoms with Gasteiger partial charge in [-0.25, -0.2) is 0 Å². The third kappa shape index (κ3) is 3.12. The molecule has 0 heterocycles. The zero-order valence-electron chi connectivity index (χ0n) is 7.78. The second-order valence-electron chi connectivity index (χ2n) is 3.16. The average molecular weight is 243 g/mol. The van der Waals surface area contributed by atoms with Gasteiger partial charge in [-0.3, -0.25) is 0 Å². The maximum atomic E-state index is 9.87. The quantitative estimate of drug-likeness (QED) is 0.804. The minimum atomic E-state index is -0.388. The summed E-state index contributed by atoms with van der Waals surface area (Å²) >= 11 is 3.49. The lowest BCUT2D eigenvalue weighted by molar-refractivity contribution is 0.173. The summed E-state index contributed by atoms with van der Waals surface area (Å²) in [5, 5.41) is 9.87. The summed E-state index contributed by atoms with van der Waals surface area (Å²) in [6.07, 6.45) is 1.69. The first-order valence-electron chi connectivity index (χ1n) is 4.62. The molecule has 0 aliphatic heterocycles. The van der Waals surface area contributed by atoms with Crippen molar-refractivity contribution in [3.8, 4) is 0 Å². The highest BCUT2D eigenvalue weighted by molar-refractivity contribution is 9.09. The fourth-order valence-corrected chi connectivity index (χ4v) is 2.06. The SMILES string of the molecule is CCCC(Br)C(O)c1ccccc1. The van der Waals surface area contributed by atoms with Crippen LogP contribution >= 0.6 is 15.9 Å². The number of rotatable bonds is 4. The molecule has 13 heavy (non-hydrogen) atoms. The van der Waals surface area contributed by atoms with Crippen LogP contribution in [0, 0.1) is 0 Å². The van der Waals surface area contributed by atoms with Crippen LogP contribution in [0.15, 0.2) is 30.3 Å². The summed E-state index contributed by atoms with van der Waals surface area (Å²) in [7, 11) is 0. The van der Waals surface area contributed by atoms with Crippen LogP contribution in [0.3, 0.4) is 0 Å². The summed E-state index contributed by atoms with van der Waals surface area (Å²) in [6, 6.07) is 9.76. The Hall–Kier alpha value is -0.340. The van der Waals surface area contributed by atoms with E-state index in [2.05, 4.69) is 22.9 Å². The van der Waals surface area contributed by atoms with Crippen LogP contribution in [-0.2, 0) is 0 Å². The molecule has 0 aliphatic rings. The standard InChI is InChI=1S/C11H15BrO/c1-2-6-10(12)11(13)9-7-4-3-5-8-9/h3-5,7-8,10-11,13H,2,6H2,1H3. The summed E-state index contributed by atoms with van der Waals surface area (Å²) in [4.78, 5) is 0.167.